The molecule has 0 unspecified atom stereocenters. The summed E-state index contributed by atoms with van der Waals surface area (Å²) in [6.07, 6.45) is 2.62. The second-order valence-electron chi connectivity index (χ2n) is 0.948. The third-order valence-corrected chi connectivity index (χ3v) is 0.772. The number of hydrogen-bond acceptors (Lipinski definition) is 4. The third kappa shape index (κ3) is 5.45. The van der Waals surface area contributed by atoms with Crippen LogP contribution < -0.4 is 5.73 Å². The van der Waals surface area contributed by atoms with Crippen LogP contribution in [0.5, 0.6) is 0 Å². The SMILES string of the molecule is NC=CCO[SH](=O)=O. The zero-order valence-electron chi connectivity index (χ0n) is 4.11. The quantitative estimate of drug-likeness (QED) is 0.489. The van der Waals surface area contributed by atoms with Crippen LogP contribution in [0.15, 0.2) is 12.3 Å². The van der Waals surface area contributed by atoms with Crippen molar-refractivity contribution in [3.8, 4) is 0 Å². The molecule has 0 aromatic heterocycles. The molecule has 0 bridgehead atoms. The van der Waals surface area contributed by atoms with Crippen molar-refractivity contribution < 1.29 is 12.6 Å². The second kappa shape index (κ2) is 4.61. The Morgan fingerprint density at radius 3 is 2.62 bits per heavy atom. The highest BCUT2D eigenvalue weighted by molar-refractivity contribution is 7.67. The normalized spacial score (nSPS) is 11.1. The van der Waals surface area contributed by atoms with E-state index in [2.05, 4.69) is 4.18 Å². The van der Waals surface area contributed by atoms with Gasteiger partial charge in [-0.2, -0.15) is 0 Å². The minimum absolute atomic E-state index is 0.0230. The zero-order valence-corrected chi connectivity index (χ0v) is 5.01. The van der Waals surface area contributed by atoms with Gasteiger partial charge < -0.3 is 5.73 Å². The molecule has 0 atom stereocenters. The molecule has 0 aromatic carbocycles. The Bertz CT molecular complexity index is 131. The summed E-state index contributed by atoms with van der Waals surface area (Å²) < 4.78 is 23.3. The average molecular weight is 137 g/mol. The summed E-state index contributed by atoms with van der Waals surface area (Å²) in [5, 5.41) is 0. The van der Waals surface area contributed by atoms with Gasteiger partial charge in [0.25, 0.3) is 11.0 Å². The van der Waals surface area contributed by atoms with Gasteiger partial charge in [0.05, 0.1) is 6.61 Å². The Morgan fingerprint density at radius 1 is 1.62 bits per heavy atom. The molecular formula is C3H7NO3S. The Kier molecular flexibility index (Phi) is 4.29. The lowest BCUT2D eigenvalue weighted by molar-refractivity contribution is 0.375. The molecule has 0 heterocycles. The fourth-order valence-corrected chi connectivity index (χ4v) is 0.367. The van der Waals surface area contributed by atoms with E-state index in [0.717, 1.165) is 0 Å². The molecular weight excluding hydrogens is 130 g/mol. The lowest BCUT2D eigenvalue weighted by atomic mass is 10.7. The van der Waals surface area contributed by atoms with Crippen LogP contribution in [0.1, 0.15) is 0 Å². The topological polar surface area (TPSA) is 69.4 Å². The van der Waals surface area contributed by atoms with Crippen LogP contribution in [-0.4, -0.2) is 15.0 Å². The van der Waals surface area contributed by atoms with Crippen LogP contribution in [-0.2, 0) is 15.2 Å². The van der Waals surface area contributed by atoms with Crippen molar-refractivity contribution >= 4 is 11.0 Å². The van der Waals surface area contributed by atoms with E-state index in [0.29, 0.717) is 0 Å². The molecule has 0 aliphatic carbocycles. The molecule has 2 N–H and O–H groups in total. The van der Waals surface area contributed by atoms with Crippen molar-refractivity contribution in [2.45, 2.75) is 0 Å². The molecule has 5 heteroatoms. The molecule has 0 rings (SSSR count). The van der Waals surface area contributed by atoms with E-state index in [1.807, 2.05) is 0 Å². The monoisotopic (exact) mass is 137 g/mol. The lowest BCUT2D eigenvalue weighted by Gasteiger charge is -1.82. The first-order valence-corrected chi connectivity index (χ1v) is 3.01. The molecule has 0 saturated heterocycles. The van der Waals surface area contributed by atoms with E-state index in [1.165, 1.54) is 12.3 Å². The van der Waals surface area contributed by atoms with E-state index < -0.39 is 11.0 Å². The predicted molar refractivity (Wildman–Crippen MR) is 29.6 cm³/mol. The first-order chi connectivity index (χ1) is 3.77. The van der Waals surface area contributed by atoms with Gasteiger partial charge >= 0.3 is 0 Å². The van der Waals surface area contributed by atoms with Crippen LogP contribution in [0.3, 0.4) is 0 Å². The summed E-state index contributed by atoms with van der Waals surface area (Å²) in [6.45, 7) is 0.0230. The first-order valence-electron chi connectivity index (χ1n) is 1.91. The van der Waals surface area contributed by atoms with Crippen LogP contribution in [0.2, 0.25) is 0 Å². The van der Waals surface area contributed by atoms with E-state index in [9.17, 15) is 8.42 Å². The van der Waals surface area contributed by atoms with Crippen molar-refractivity contribution in [1.82, 2.24) is 0 Å². The summed E-state index contributed by atoms with van der Waals surface area (Å²) >= 11 is 0. The zero-order chi connectivity index (χ0) is 6.41. The van der Waals surface area contributed by atoms with E-state index in [1.54, 1.807) is 0 Å². The molecule has 0 radical (unpaired) electrons. The van der Waals surface area contributed by atoms with Crippen molar-refractivity contribution in [2.24, 2.45) is 5.73 Å². The third-order valence-electron chi connectivity index (χ3n) is 0.412. The number of thiol groups is 1. The van der Waals surface area contributed by atoms with Gasteiger partial charge in [-0.1, -0.05) is 0 Å². The summed E-state index contributed by atoms with van der Waals surface area (Å²) in [5.41, 5.74) is 4.86. The van der Waals surface area contributed by atoms with Crippen LogP contribution >= 0.6 is 0 Å². The molecule has 8 heavy (non-hydrogen) atoms. The Labute approximate surface area is 49.1 Å². The fraction of sp³-hybridized carbons (Fsp3) is 0.333. The summed E-state index contributed by atoms with van der Waals surface area (Å²) in [4.78, 5) is 0. The highest BCUT2D eigenvalue weighted by atomic mass is 32.2. The largest absolute Gasteiger partial charge is 0.405 e. The van der Waals surface area contributed by atoms with Gasteiger partial charge in [-0.3, -0.25) is 4.18 Å². The van der Waals surface area contributed by atoms with Gasteiger partial charge in [0, 0.05) is 0 Å². The Hall–Kier alpha value is -0.550. The molecule has 0 aromatic rings. The van der Waals surface area contributed by atoms with E-state index in [4.69, 9.17) is 5.73 Å². The maximum absolute atomic E-state index is 9.61. The van der Waals surface area contributed by atoms with Gasteiger partial charge in [-0.15, -0.1) is 0 Å². The molecule has 0 aliphatic rings. The molecule has 0 aliphatic heterocycles. The van der Waals surface area contributed by atoms with Crippen molar-refractivity contribution in [1.29, 1.82) is 0 Å². The standard InChI is InChI=1S/C3H7NO3S/c4-2-1-3-7-8(5)6/h1-2,8H,3-4H2. The molecule has 0 spiro atoms. The van der Waals surface area contributed by atoms with Gasteiger partial charge in [0.2, 0.25) is 0 Å². The van der Waals surface area contributed by atoms with Crippen molar-refractivity contribution in [3.63, 3.8) is 0 Å². The number of hydrogen-bond donors (Lipinski definition) is 2. The maximum atomic E-state index is 9.61. The summed E-state index contributed by atoms with van der Waals surface area (Å²) in [5.74, 6) is 0. The first kappa shape index (κ1) is 7.45. The molecule has 48 valence electrons. The van der Waals surface area contributed by atoms with Crippen LogP contribution in [0, 0.1) is 0 Å². The Balaban J connectivity index is 3.19. The predicted octanol–water partition coefficient (Wildman–Crippen LogP) is -0.998. The number of rotatable bonds is 3. The molecule has 0 fully saturated rings. The molecule has 4 nitrogen and oxygen atoms in total. The van der Waals surface area contributed by atoms with Gasteiger partial charge in [0.1, 0.15) is 0 Å². The summed E-state index contributed by atoms with van der Waals surface area (Å²) in [6, 6.07) is 0. The minimum Gasteiger partial charge on any atom is -0.405 e. The fourth-order valence-electron chi connectivity index (χ4n) is 0.159. The van der Waals surface area contributed by atoms with E-state index in [-0.39, 0.29) is 6.61 Å². The van der Waals surface area contributed by atoms with Crippen molar-refractivity contribution in [3.05, 3.63) is 12.3 Å². The van der Waals surface area contributed by atoms with Gasteiger partial charge in [-0.05, 0) is 12.3 Å². The Morgan fingerprint density at radius 2 is 2.25 bits per heavy atom. The van der Waals surface area contributed by atoms with Gasteiger partial charge in [0.15, 0.2) is 0 Å². The molecule has 0 amide bonds. The smallest absolute Gasteiger partial charge is 0.257 e. The van der Waals surface area contributed by atoms with Crippen LogP contribution in [0.4, 0.5) is 0 Å². The second-order valence-corrected chi connectivity index (χ2v) is 1.65. The van der Waals surface area contributed by atoms with Crippen LogP contribution in [0.25, 0.3) is 0 Å². The lowest BCUT2D eigenvalue weighted by Crippen LogP contribution is -1.88. The molecule has 0 saturated carbocycles. The maximum Gasteiger partial charge on any atom is 0.257 e. The van der Waals surface area contributed by atoms with Crippen molar-refractivity contribution in [2.75, 3.05) is 6.61 Å². The minimum atomic E-state index is -2.72. The van der Waals surface area contributed by atoms with Gasteiger partial charge in [-0.25, -0.2) is 8.42 Å². The van der Waals surface area contributed by atoms with E-state index >= 15 is 0 Å². The number of nitrogens with two attached hydrogens (primary N) is 1. The average Bonchev–Trinajstić information content (AvgIpc) is 1.66. The highest BCUT2D eigenvalue weighted by Gasteiger charge is 1.77. The highest BCUT2D eigenvalue weighted by Crippen LogP contribution is 1.72. The summed E-state index contributed by atoms with van der Waals surface area (Å²) in [7, 11) is -2.72.